The number of hydrogen-bond donors (Lipinski definition) is 0. The summed E-state index contributed by atoms with van der Waals surface area (Å²) in [6.45, 7) is 10.9. The summed E-state index contributed by atoms with van der Waals surface area (Å²) in [5.74, 6) is 0. The Bertz CT molecular complexity index is 689. The van der Waals surface area contributed by atoms with Crippen LogP contribution in [-0.2, 0) is 11.5 Å². The van der Waals surface area contributed by atoms with E-state index in [1.807, 2.05) is 19.2 Å². The number of benzene rings is 1. The van der Waals surface area contributed by atoms with Crippen molar-refractivity contribution in [1.82, 2.24) is 4.57 Å². The second-order valence-electron chi connectivity index (χ2n) is 7.07. The van der Waals surface area contributed by atoms with Crippen LogP contribution in [0.1, 0.15) is 32.6 Å². The predicted molar refractivity (Wildman–Crippen MR) is 89.6 cm³/mol. The quantitative estimate of drug-likeness (QED) is 0.766. The summed E-state index contributed by atoms with van der Waals surface area (Å²) in [5, 5.41) is 10.8. The molecule has 1 aromatic carbocycles. The molecule has 1 aromatic heterocycles. The third-order valence-electron chi connectivity index (χ3n) is 4.59. The van der Waals surface area contributed by atoms with Gasteiger partial charge in [0, 0.05) is 12.6 Å². The molecule has 1 atom stereocenters. The molecule has 0 aliphatic rings. The molecule has 1 unspecified atom stereocenters. The predicted octanol–water partition coefficient (Wildman–Crippen LogP) is 4.76. The number of aromatic nitrogens is 1. The van der Waals surface area contributed by atoms with Gasteiger partial charge in [0.15, 0.2) is 14.4 Å². The molecule has 0 aliphatic heterocycles. The lowest BCUT2D eigenvalue weighted by Gasteiger charge is -2.37. The number of nitrogens with zero attached hydrogens (tertiary/aromatic N) is 2. The Balaban J connectivity index is 2.42. The van der Waals surface area contributed by atoms with Crippen LogP contribution < -0.4 is 0 Å². The summed E-state index contributed by atoms with van der Waals surface area (Å²) >= 11 is 0. The molecule has 0 amide bonds. The van der Waals surface area contributed by atoms with E-state index < -0.39 is 14.4 Å². The summed E-state index contributed by atoms with van der Waals surface area (Å²) < 4.78 is 8.37. The maximum atomic E-state index is 9.59. The lowest BCUT2D eigenvalue weighted by molar-refractivity contribution is 0.228. The van der Waals surface area contributed by atoms with E-state index in [0.29, 0.717) is 0 Å². The number of para-hydroxylation sites is 1. The first kappa shape index (κ1) is 15.8. The maximum Gasteiger partial charge on any atom is 0.194 e. The van der Waals surface area contributed by atoms with E-state index in [-0.39, 0.29) is 5.04 Å². The summed E-state index contributed by atoms with van der Waals surface area (Å²) in [7, 11) is 0.0176. The first-order valence-corrected chi connectivity index (χ1v) is 10.2. The molecule has 0 bridgehead atoms. The minimum atomic E-state index is -1.98. The molecule has 2 aromatic rings. The van der Waals surface area contributed by atoms with Crippen molar-refractivity contribution < 1.29 is 4.43 Å². The molecule has 0 fully saturated rings. The maximum absolute atomic E-state index is 9.59. The Labute approximate surface area is 128 Å². The zero-order chi connectivity index (χ0) is 15.8. The van der Waals surface area contributed by atoms with Gasteiger partial charge in [0.1, 0.15) is 0 Å². The van der Waals surface area contributed by atoms with Crippen molar-refractivity contribution in [1.29, 1.82) is 5.26 Å². The zero-order valence-electron chi connectivity index (χ0n) is 13.8. The molecule has 0 saturated carbocycles. The fourth-order valence-electron chi connectivity index (χ4n) is 2.19. The van der Waals surface area contributed by atoms with Gasteiger partial charge in [-0.1, -0.05) is 39.0 Å². The molecule has 112 valence electrons. The lowest BCUT2D eigenvalue weighted by Crippen LogP contribution is -2.41. The van der Waals surface area contributed by atoms with Gasteiger partial charge in [-0.3, -0.25) is 0 Å². The van der Waals surface area contributed by atoms with Crippen LogP contribution >= 0.6 is 0 Å². The van der Waals surface area contributed by atoms with Crippen molar-refractivity contribution in [3.63, 3.8) is 0 Å². The third-order valence-corrected chi connectivity index (χ3v) is 9.03. The molecule has 0 aliphatic carbocycles. The molecule has 0 N–H and O–H groups in total. The van der Waals surface area contributed by atoms with Crippen molar-refractivity contribution in [2.24, 2.45) is 7.05 Å². The minimum Gasteiger partial charge on any atom is -0.397 e. The highest BCUT2D eigenvalue weighted by Crippen LogP contribution is 2.40. The molecular weight excluding hydrogens is 276 g/mol. The van der Waals surface area contributed by atoms with E-state index in [4.69, 9.17) is 4.43 Å². The highest BCUT2D eigenvalue weighted by atomic mass is 28.4. The van der Waals surface area contributed by atoms with E-state index in [1.54, 1.807) is 0 Å². The Kier molecular flexibility index (Phi) is 4.01. The monoisotopic (exact) mass is 300 g/mol. The van der Waals surface area contributed by atoms with Gasteiger partial charge in [0.2, 0.25) is 0 Å². The van der Waals surface area contributed by atoms with Gasteiger partial charge in [-0.05, 0) is 35.7 Å². The first-order chi connectivity index (χ1) is 9.67. The second-order valence-corrected chi connectivity index (χ2v) is 11.8. The third kappa shape index (κ3) is 2.90. The van der Waals surface area contributed by atoms with Crippen LogP contribution in [0, 0.1) is 11.3 Å². The Morgan fingerprint density at radius 3 is 2.38 bits per heavy atom. The normalized spacial score (nSPS) is 14.1. The van der Waals surface area contributed by atoms with E-state index >= 15 is 0 Å². The van der Waals surface area contributed by atoms with Crippen LogP contribution in [0.4, 0.5) is 0 Å². The van der Waals surface area contributed by atoms with Crippen molar-refractivity contribution >= 4 is 19.2 Å². The Hall–Kier alpha value is -1.57. The molecular formula is C17H24N2OSi. The molecule has 0 saturated heterocycles. The molecule has 1 heterocycles. The van der Waals surface area contributed by atoms with Crippen molar-refractivity contribution in [2.45, 2.75) is 45.0 Å². The SMILES string of the molecule is Cn1c(C(C#N)O[Si](C)(C)C(C)(C)C)cc2ccccc21. The number of fused-ring (bicyclic) bond motifs is 1. The standard InChI is InChI=1S/C17H24N2OSi/c1-17(2,3)21(5,6)20-16(12-18)15-11-13-9-7-8-10-14(13)19(15)4/h7-11,16H,1-6H3. The van der Waals surface area contributed by atoms with E-state index in [9.17, 15) is 5.26 Å². The fourth-order valence-corrected chi connectivity index (χ4v) is 3.30. The van der Waals surface area contributed by atoms with Crippen LogP contribution in [0.2, 0.25) is 18.1 Å². The summed E-state index contributed by atoms with van der Waals surface area (Å²) in [4.78, 5) is 0. The number of hydrogen-bond acceptors (Lipinski definition) is 2. The summed E-state index contributed by atoms with van der Waals surface area (Å²) in [6, 6.07) is 12.6. The molecule has 21 heavy (non-hydrogen) atoms. The molecule has 3 nitrogen and oxygen atoms in total. The average molecular weight is 300 g/mol. The fraction of sp³-hybridized carbons (Fsp3) is 0.471. The van der Waals surface area contributed by atoms with Crippen LogP contribution in [-0.4, -0.2) is 12.9 Å². The van der Waals surface area contributed by atoms with Gasteiger partial charge in [-0.25, -0.2) is 0 Å². The largest absolute Gasteiger partial charge is 0.397 e. The van der Waals surface area contributed by atoms with Gasteiger partial charge < -0.3 is 8.99 Å². The van der Waals surface area contributed by atoms with E-state index in [1.165, 1.54) is 0 Å². The number of nitriles is 1. The van der Waals surface area contributed by atoms with Crippen LogP contribution in [0.15, 0.2) is 30.3 Å². The van der Waals surface area contributed by atoms with Crippen LogP contribution in [0.5, 0.6) is 0 Å². The van der Waals surface area contributed by atoms with Crippen molar-refractivity contribution in [2.75, 3.05) is 0 Å². The first-order valence-electron chi connectivity index (χ1n) is 7.29. The number of aryl methyl sites for hydroxylation is 1. The second kappa shape index (κ2) is 5.32. The Morgan fingerprint density at radius 1 is 1.24 bits per heavy atom. The lowest BCUT2D eigenvalue weighted by atomic mass is 10.2. The molecule has 2 rings (SSSR count). The zero-order valence-corrected chi connectivity index (χ0v) is 14.8. The van der Waals surface area contributed by atoms with E-state index in [0.717, 1.165) is 16.6 Å². The number of rotatable bonds is 3. The van der Waals surface area contributed by atoms with Gasteiger partial charge >= 0.3 is 0 Å². The van der Waals surface area contributed by atoms with Gasteiger partial charge in [-0.15, -0.1) is 0 Å². The minimum absolute atomic E-state index is 0.0900. The molecule has 0 spiro atoms. The average Bonchev–Trinajstić information content (AvgIpc) is 2.73. The van der Waals surface area contributed by atoms with Gasteiger partial charge in [0.05, 0.1) is 11.8 Å². The molecule has 0 radical (unpaired) electrons. The van der Waals surface area contributed by atoms with E-state index in [2.05, 4.69) is 62.7 Å². The summed E-state index contributed by atoms with van der Waals surface area (Å²) in [5.41, 5.74) is 2.06. The van der Waals surface area contributed by atoms with Gasteiger partial charge in [-0.2, -0.15) is 5.26 Å². The van der Waals surface area contributed by atoms with Crippen LogP contribution in [0.25, 0.3) is 10.9 Å². The molecule has 4 heteroatoms. The topological polar surface area (TPSA) is 38.0 Å². The highest BCUT2D eigenvalue weighted by Gasteiger charge is 2.40. The Morgan fingerprint density at radius 2 is 1.86 bits per heavy atom. The van der Waals surface area contributed by atoms with Crippen molar-refractivity contribution in [3.05, 3.63) is 36.0 Å². The smallest absolute Gasteiger partial charge is 0.194 e. The van der Waals surface area contributed by atoms with Gasteiger partial charge in [0.25, 0.3) is 0 Å². The van der Waals surface area contributed by atoms with Crippen molar-refractivity contribution in [3.8, 4) is 6.07 Å². The highest BCUT2D eigenvalue weighted by molar-refractivity contribution is 6.74. The van der Waals surface area contributed by atoms with Crippen LogP contribution in [0.3, 0.4) is 0 Å². The summed E-state index contributed by atoms with van der Waals surface area (Å²) in [6.07, 6.45) is -0.511.